The summed E-state index contributed by atoms with van der Waals surface area (Å²) in [6.07, 6.45) is 2.08. The molecule has 2 aromatic carbocycles. The highest BCUT2D eigenvalue weighted by atomic mass is 32.2. The van der Waals surface area contributed by atoms with Crippen LogP contribution in [0.25, 0.3) is 0 Å². The molecule has 1 unspecified atom stereocenters. The van der Waals surface area contributed by atoms with E-state index in [1.807, 2.05) is 42.5 Å². The average Bonchev–Trinajstić information content (AvgIpc) is 3.34. The number of rotatable bonds is 9. The van der Waals surface area contributed by atoms with Crippen molar-refractivity contribution in [3.8, 4) is 0 Å². The fourth-order valence-electron chi connectivity index (χ4n) is 4.01. The number of benzene rings is 2. The van der Waals surface area contributed by atoms with Gasteiger partial charge in [0.15, 0.2) is 0 Å². The number of piperazine rings is 1. The van der Waals surface area contributed by atoms with Gasteiger partial charge in [0.05, 0.1) is 18.1 Å². The van der Waals surface area contributed by atoms with Crippen LogP contribution < -0.4 is 9.62 Å². The van der Waals surface area contributed by atoms with Crippen molar-refractivity contribution in [2.75, 3.05) is 43.4 Å². The molecule has 1 atom stereocenters. The molecule has 1 N–H and O–H groups in total. The third kappa shape index (κ3) is 5.97. The molecule has 8 heteroatoms. The molecule has 2 heterocycles. The van der Waals surface area contributed by atoms with Gasteiger partial charge in [-0.2, -0.15) is 0 Å². The Kier molecular flexibility index (Phi) is 7.24. The van der Waals surface area contributed by atoms with Crippen LogP contribution in [0.5, 0.6) is 0 Å². The summed E-state index contributed by atoms with van der Waals surface area (Å²) in [4.78, 5) is 4.44. The van der Waals surface area contributed by atoms with E-state index in [0.717, 1.165) is 43.2 Å². The van der Waals surface area contributed by atoms with Gasteiger partial charge in [-0.3, -0.25) is 4.90 Å². The number of nitrogens with zero attached hydrogens (tertiary/aromatic N) is 2. The van der Waals surface area contributed by atoms with Gasteiger partial charge in [-0.15, -0.1) is 0 Å². The zero-order chi connectivity index (χ0) is 22.4. The number of aryl methyl sites for hydroxylation is 1. The monoisotopic (exact) mass is 457 g/mol. The lowest BCUT2D eigenvalue weighted by molar-refractivity contribution is 0.166. The highest BCUT2D eigenvalue weighted by Crippen LogP contribution is 2.24. The first kappa shape index (κ1) is 22.5. The van der Waals surface area contributed by atoms with Crippen LogP contribution >= 0.6 is 0 Å². The molecule has 1 aliphatic heterocycles. The topological polar surface area (TPSA) is 65.8 Å². The SMILES string of the molecule is O=S(=O)(CCc1ccccc1)NCC(c1ccco1)N1CCN(c2ccc(F)cc2)CC1. The van der Waals surface area contributed by atoms with E-state index in [-0.39, 0.29) is 24.2 Å². The Morgan fingerprint density at radius 3 is 2.31 bits per heavy atom. The molecule has 32 heavy (non-hydrogen) atoms. The van der Waals surface area contributed by atoms with E-state index in [0.29, 0.717) is 6.42 Å². The van der Waals surface area contributed by atoms with Crippen molar-refractivity contribution in [2.45, 2.75) is 12.5 Å². The Balaban J connectivity index is 1.36. The van der Waals surface area contributed by atoms with E-state index in [9.17, 15) is 12.8 Å². The fraction of sp³-hybridized carbons (Fsp3) is 0.333. The van der Waals surface area contributed by atoms with Gasteiger partial charge in [-0.25, -0.2) is 17.5 Å². The molecule has 1 aliphatic rings. The summed E-state index contributed by atoms with van der Waals surface area (Å²) in [7, 11) is -3.43. The van der Waals surface area contributed by atoms with Crippen molar-refractivity contribution in [3.05, 3.63) is 90.1 Å². The maximum absolute atomic E-state index is 13.2. The van der Waals surface area contributed by atoms with Crippen LogP contribution in [-0.2, 0) is 16.4 Å². The molecule has 3 aromatic rings. The quantitative estimate of drug-likeness (QED) is 0.533. The lowest BCUT2D eigenvalue weighted by Gasteiger charge is -2.39. The lowest BCUT2D eigenvalue weighted by Crippen LogP contribution is -2.50. The summed E-state index contributed by atoms with van der Waals surface area (Å²) in [5, 5.41) is 0. The zero-order valence-corrected chi connectivity index (χ0v) is 18.7. The standard InChI is InChI=1S/C24H28FN3O3S/c25-21-8-10-22(11-9-21)27-13-15-28(16-14-27)23(24-7-4-17-31-24)19-26-32(29,30)18-12-20-5-2-1-3-6-20/h1-11,17,23,26H,12-16,18-19H2. The highest BCUT2D eigenvalue weighted by Gasteiger charge is 2.28. The minimum absolute atomic E-state index is 0.0419. The molecule has 4 rings (SSSR count). The summed E-state index contributed by atoms with van der Waals surface area (Å²) >= 11 is 0. The van der Waals surface area contributed by atoms with Gasteiger partial charge in [-0.1, -0.05) is 30.3 Å². The number of hydrogen-bond acceptors (Lipinski definition) is 5. The van der Waals surface area contributed by atoms with E-state index >= 15 is 0 Å². The first-order valence-electron chi connectivity index (χ1n) is 10.8. The molecule has 0 bridgehead atoms. The fourth-order valence-corrected chi connectivity index (χ4v) is 5.07. The minimum atomic E-state index is -3.43. The normalized spacial score (nSPS) is 16.2. The third-order valence-corrected chi connectivity index (χ3v) is 7.17. The smallest absolute Gasteiger partial charge is 0.211 e. The second-order valence-electron chi connectivity index (χ2n) is 7.93. The van der Waals surface area contributed by atoms with Crippen molar-refractivity contribution in [2.24, 2.45) is 0 Å². The van der Waals surface area contributed by atoms with E-state index in [2.05, 4.69) is 14.5 Å². The highest BCUT2D eigenvalue weighted by molar-refractivity contribution is 7.89. The van der Waals surface area contributed by atoms with E-state index in [1.54, 1.807) is 18.4 Å². The molecular weight excluding hydrogens is 429 g/mol. The van der Waals surface area contributed by atoms with Crippen LogP contribution in [0.2, 0.25) is 0 Å². The summed E-state index contributed by atoms with van der Waals surface area (Å²) in [6.45, 7) is 3.28. The summed E-state index contributed by atoms with van der Waals surface area (Å²) in [6, 6.07) is 19.6. The van der Waals surface area contributed by atoms with Gasteiger partial charge in [0, 0.05) is 38.4 Å². The molecular formula is C24H28FN3O3S. The molecule has 0 amide bonds. The number of nitrogens with one attached hydrogen (secondary N) is 1. The molecule has 0 aliphatic carbocycles. The summed E-state index contributed by atoms with van der Waals surface area (Å²) in [5.74, 6) is 0.538. The number of furan rings is 1. The van der Waals surface area contributed by atoms with Crippen LogP contribution in [0.15, 0.2) is 77.4 Å². The number of hydrogen-bond donors (Lipinski definition) is 1. The van der Waals surface area contributed by atoms with Gasteiger partial charge in [-0.05, 0) is 48.4 Å². The van der Waals surface area contributed by atoms with E-state index < -0.39 is 10.0 Å². The average molecular weight is 458 g/mol. The van der Waals surface area contributed by atoms with Crippen molar-refractivity contribution < 1.29 is 17.2 Å². The maximum atomic E-state index is 13.2. The predicted molar refractivity (Wildman–Crippen MR) is 124 cm³/mol. The first-order valence-corrected chi connectivity index (χ1v) is 12.4. The van der Waals surface area contributed by atoms with Crippen molar-refractivity contribution >= 4 is 15.7 Å². The Morgan fingerprint density at radius 2 is 1.66 bits per heavy atom. The van der Waals surface area contributed by atoms with Crippen molar-refractivity contribution in [1.29, 1.82) is 0 Å². The van der Waals surface area contributed by atoms with E-state index in [4.69, 9.17) is 4.42 Å². The Hall–Kier alpha value is -2.68. The van der Waals surface area contributed by atoms with Crippen LogP contribution in [0.4, 0.5) is 10.1 Å². The Labute approximate surface area is 188 Å². The lowest BCUT2D eigenvalue weighted by atomic mass is 10.1. The molecule has 0 spiro atoms. The van der Waals surface area contributed by atoms with E-state index in [1.165, 1.54) is 12.1 Å². The number of anilines is 1. The van der Waals surface area contributed by atoms with Crippen molar-refractivity contribution in [1.82, 2.24) is 9.62 Å². The summed E-state index contributed by atoms with van der Waals surface area (Å²) in [5.41, 5.74) is 1.99. The third-order valence-electron chi connectivity index (χ3n) is 5.82. The van der Waals surface area contributed by atoms with Gasteiger partial charge in [0.1, 0.15) is 11.6 Å². The second-order valence-corrected chi connectivity index (χ2v) is 9.86. The molecule has 1 aromatic heterocycles. The first-order chi connectivity index (χ1) is 15.5. The Bertz CT molecular complexity index is 1070. The van der Waals surface area contributed by atoms with Gasteiger partial charge < -0.3 is 9.32 Å². The van der Waals surface area contributed by atoms with Gasteiger partial charge in [0.2, 0.25) is 10.0 Å². The largest absolute Gasteiger partial charge is 0.468 e. The minimum Gasteiger partial charge on any atom is -0.468 e. The van der Waals surface area contributed by atoms with Crippen LogP contribution in [0.1, 0.15) is 17.4 Å². The number of halogens is 1. The molecule has 1 fully saturated rings. The maximum Gasteiger partial charge on any atom is 0.211 e. The molecule has 1 saturated heterocycles. The van der Waals surface area contributed by atoms with Crippen LogP contribution in [0.3, 0.4) is 0 Å². The van der Waals surface area contributed by atoms with Gasteiger partial charge >= 0.3 is 0 Å². The van der Waals surface area contributed by atoms with Crippen LogP contribution in [0, 0.1) is 5.82 Å². The molecule has 170 valence electrons. The zero-order valence-electron chi connectivity index (χ0n) is 17.9. The Morgan fingerprint density at radius 1 is 0.938 bits per heavy atom. The van der Waals surface area contributed by atoms with Crippen molar-refractivity contribution in [3.63, 3.8) is 0 Å². The van der Waals surface area contributed by atoms with Crippen LogP contribution in [-0.4, -0.2) is 51.8 Å². The predicted octanol–water partition coefficient (Wildman–Crippen LogP) is 3.44. The molecule has 6 nitrogen and oxygen atoms in total. The molecule has 0 saturated carbocycles. The van der Waals surface area contributed by atoms with Gasteiger partial charge in [0.25, 0.3) is 0 Å². The summed E-state index contributed by atoms with van der Waals surface area (Å²) < 4.78 is 46.9. The number of sulfonamides is 1. The second kappa shape index (κ2) is 10.3. The molecule has 0 radical (unpaired) electrons.